The van der Waals surface area contributed by atoms with E-state index in [1.807, 2.05) is 6.92 Å². The topological polar surface area (TPSA) is 39.2 Å². The average molecular weight is 179 g/mol. The van der Waals surface area contributed by atoms with Gasteiger partial charge in [0.15, 0.2) is 11.4 Å². The number of nitrogens with two attached hydrogens (primary N) is 1. The zero-order valence-corrected chi connectivity index (χ0v) is 7.30. The Morgan fingerprint density at radius 3 is 2.92 bits per heavy atom. The molecule has 0 atom stereocenters. The van der Waals surface area contributed by atoms with Gasteiger partial charge in [0.2, 0.25) is 0 Å². The third kappa shape index (κ3) is 1.12. The zero-order chi connectivity index (χ0) is 9.42. The fourth-order valence-corrected chi connectivity index (χ4v) is 1.51. The second kappa shape index (κ2) is 2.85. The minimum atomic E-state index is -0.333. The Kier molecular flexibility index (Phi) is 1.81. The summed E-state index contributed by atoms with van der Waals surface area (Å²) in [6.07, 6.45) is 1.51. The van der Waals surface area contributed by atoms with E-state index in [1.54, 1.807) is 6.07 Å². The lowest BCUT2D eigenvalue weighted by molar-refractivity contribution is 0.558. The van der Waals surface area contributed by atoms with E-state index in [4.69, 9.17) is 10.2 Å². The van der Waals surface area contributed by atoms with Crippen molar-refractivity contribution in [3.8, 4) is 0 Å². The predicted octanol–water partition coefficient (Wildman–Crippen LogP) is 2.34. The molecule has 3 heteroatoms. The first-order valence-corrected chi connectivity index (χ1v) is 4.09. The van der Waals surface area contributed by atoms with E-state index in [0.717, 1.165) is 16.5 Å². The lowest BCUT2D eigenvalue weighted by atomic mass is 10.1. The van der Waals surface area contributed by atoms with Gasteiger partial charge in [0.25, 0.3) is 0 Å². The maximum absolute atomic E-state index is 13.2. The Labute approximate surface area is 75.1 Å². The van der Waals surface area contributed by atoms with Gasteiger partial charge >= 0.3 is 0 Å². The first kappa shape index (κ1) is 8.26. The quantitative estimate of drug-likeness (QED) is 0.729. The first-order chi connectivity index (χ1) is 6.24. The van der Waals surface area contributed by atoms with Crippen LogP contribution in [0.1, 0.15) is 11.1 Å². The standard InChI is InChI=1S/C10H10FNO/c1-6-2-3-8(11)10-9(6)7(4-12)5-13-10/h2-3,5H,4,12H2,1H3. The summed E-state index contributed by atoms with van der Waals surface area (Å²) in [7, 11) is 0. The molecule has 0 saturated carbocycles. The third-order valence-electron chi connectivity index (χ3n) is 2.18. The number of hydrogen-bond donors (Lipinski definition) is 1. The highest BCUT2D eigenvalue weighted by Gasteiger charge is 2.10. The molecule has 1 heterocycles. The minimum absolute atomic E-state index is 0.306. The number of hydrogen-bond acceptors (Lipinski definition) is 2. The van der Waals surface area contributed by atoms with E-state index in [0.29, 0.717) is 12.1 Å². The van der Waals surface area contributed by atoms with Crippen LogP contribution in [-0.2, 0) is 6.54 Å². The van der Waals surface area contributed by atoms with Gasteiger partial charge in [-0.3, -0.25) is 0 Å². The van der Waals surface area contributed by atoms with Crippen LogP contribution in [0.25, 0.3) is 11.0 Å². The molecule has 2 aromatic rings. The first-order valence-electron chi connectivity index (χ1n) is 4.09. The highest BCUT2D eigenvalue weighted by molar-refractivity contribution is 5.84. The number of furan rings is 1. The molecule has 0 aliphatic rings. The summed E-state index contributed by atoms with van der Waals surface area (Å²) >= 11 is 0. The van der Waals surface area contributed by atoms with E-state index in [2.05, 4.69) is 0 Å². The summed E-state index contributed by atoms with van der Waals surface area (Å²) in [4.78, 5) is 0. The molecule has 0 aliphatic carbocycles. The molecule has 0 amide bonds. The van der Waals surface area contributed by atoms with Gasteiger partial charge in [0, 0.05) is 17.5 Å². The van der Waals surface area contributed by atoms with Crippen LogP contribution >= 0.6 is 0 Å². The Hall–Kier alpha value is -1.35. The monoisotopic (exact) mass is 179 g/mol. The molecule has 68 valence electrons. The van der Waals surface area contributed by atoms with Crippen molar-refractivity contribution in [3.05, 3.63) is 35.3 Å². The van der Waals surface area contributed by atoms with Gasteiger partial charge in [-0.1, -0.05) is 6.07 Å². The molecule has 0 aliphatic heterocycles. The molecule has 0 radical (unpaired) electrons. The summed E-state index contributed by atoms with van der Waals surface area (Å²) in [5, 5.41) is 0.808. The van der Waals surface area contributed by atoms with Crippen molar-refractivity contribution in [1.82, 2.24) is 0 Å². The largest absolute Gasteiger partial charge is 0.461 e. The van der Waals surface area contributed by atoms with Crippen LogP contribution in [0.3, 0.4) is 0 Å². The van der Waals surface area contributed by atoms with Gasteiger partial charge in [-0.05, 0) is 18.6 Å². The van der Waals surface area contributed by atoms with Crippen molar-refractivity contribution in [2.24, 2.45) is 5.73 Å². The lowest BCUT2D eigenvalue weighted by Gasteiger charge is -1.97. The molecule has 0 saturated heterocycles. The van der Waals surface area contributed by atoms with Crippen LogP contribution in [0.4, 0.5) is 4.39 Å². The zero-order valence-electron chi connectivity index (χ0n) is 7.30. The Morgan fingerprint density at radius 2 is 2.23 bits per heavy atom. The number of rotatable bonds is 1. The van der Waals surface area contributed by atoms with Gasteiger partial charge in [0.1, 0.15) is 0 Å². The van der Waals surface area contributed by atoms with Crippen molar-refractivity contribution in [3.63, 3.8) is 0 Å². The van der Waals surface area contributed by atoms with Crippen molar-refractivity contribution < 1.29 is 8.81 Å². The Bertz CT molecular complexity index is 447. The number of halogens is 1. The smallest absolute Gasteiger partial charge is 0.170 e. The fraction of sp³-hybridized carbons (Fsp3) is 0.200. The molecule has 1 aromatic carbocycles. The summed E-state index contributed by atoms with van der Waals surface area (Å²) < 4.78 is 18.3. The predicted molar refractivity (Wildman–Crippen MR) is 48.8 cm³/mol. The van der Waals surface area contributed by atoms with Crippen LogP contribution in [0.2, 0.25) is 0 Å². The fourth-order valence-electron chi connectivity index (χ4n) is 1.51. The van der Waals surface area contributed by atoms with E-state index >= 15 is 0 Å². The maximum atomic E-state index is 13.2. The minimum Gasteiger partial charge on any atom is -0.461 e. The second-order valence-electron chi connectivity index (χ2n) is 3.03. The van der Waals surface area contributed by atoms with Gasteiger partial charge in [-0.2, -0.15) is 0 Å². The Morgan fingerprint density at radius 1 is 1.46 bits per heavy atom. The van der Waals surface area contributed by atoms with E-state index in [1.165, 1.54) is 12.3 Å². The average Bonchev–Trinajstić information content (AvgIpc) is 2.56. The lowest BCUT2D eigenvalue weighted by Crippen LogP contribution is -1.95. The van der Waals surface area contributed by atoms with Crippen LogP contribution in [0.5, 0.6) is 0 Å². The van der Waals surface area contributed by atoms with Gasteiger partial charge < -0.3 is 10.2 Å². The summed E-state index contributed by atoms with van der Waals surface area (Å²) in [6, 6.07) is 3.13. The second-order valence-corrected chi connectivity index (χ2v) is 3.03. The molecule has 0 fully saturated rings. The number of benzene rings is 1. The summed E-state index contributed by atoms with van der Waals surface area (Å²) in [6.45, 7) is 2.29. The number of fused-ring (bicyclic) bond motifs is 1. The number of aryl methyl sites for hydroxylation is 1. The molecule has 0 spiro atoms. The van der Waals surface area contributed by atoms with Gasteiger partial charge in [-0.25, -0.2) is 4.39 Å². The van der Waals surface area contributed by atoms with E-state index < -0.39 is 0 Å². The highest BCUT2D eigenvalue weighted by atomic mass is 19.1. The van der Waals surface area contributed by atoms with Crippen molar-refractivity contribution in [2.75, 3.05) is 0 Å². The molecular formula is C10H10FNO. The molecule has 2 N–H and O–H groups in total. The molecule has 2 rings (SSSR count). The molecule has 1 aromatic heterocycles. The molecule has 0 unspecified atom stereocenters. The van der Waals surface area contributed by atoms with Crippen LogP contribution < -0.4 is 5.73 Å². The van der Waals surface area contributed by atoms with Crippen LogP contribution in [0.15, 0.2) is 22.8 Å². The van der Waals surface area contributed by atoms with Crippen molar-refractivity contribution in [2.45, 2.75) is 13.5 Å². The third-order valence-corrected chi connectivity index (χ3v) is 2.18. The van der Waals surface area contributed by atoms with E-state index in [-0.39, 0.29) is 5.82 Å². The highest BCUT2D eigenvalue weighted by Crippen LogP contribution is 2.26. The summed E-state index contributed by atoms with van der Waals surface area (Å²) in [5.74, 6) is -0.333. The van der Waals surface area contributed by atoms with Crippen LogP contribution in [-0.4, -0.2) is 0 Å². The van der Waals surface area contributed by atoms with Gasteiger partial charge in [-0.15, -0.1) is 0 Å². The van der Waals surface area contributed by atoms with E-state index in [9.17, 15) is 4.39 Å². The van der Waals surface area contributed by atoms with Crippen molar-refractivity contribution in [1.29, 1.82) is 0 Å². The van der Waals surface area contributed by atoms with Gasteiger partial charge in [0.05, 0.1) is 6.26 Å². The molecular weight excluding hydrogens is 169 g/mol. The van der Waals surface area contributed by atoms with Crippen molar-refractivity contribution >= 4 is 11.0 Å². The SMILES string of the molecule is Cc1ccc(F)c2occ(CN)c12. The maximum Gasteiger partial charge on any atom is 0.170 e. The summed E-state index contributed by atoms with van der Waals surface area (Å²) in [5.41, 5.74) is 7.65. The van der Waals surface area contributed by atoms with Crippen LogP contribution in [0, 0.1) is 12.7 Å². The molecule has 2 nitrogen and oxygen atoms in total. The molecule has 0 bridgehead atoms. The normalized spacial score (nSPS) is 11.0. The Balaban J connectivity index is 2.87. The molecule has 13 heavy (non-hydrogen) atoms.